The Bertz CT molecular complexity index is 627. The van der Waals surface area contributed by atoms with Gasteiger partial charge in [0.2, 0.25) is 0 Å². The summed E-state index contributed by atoms with van der Waals surface area (Å²) in [5.74, 6) is 0.449. The van der Waals surface area contributed by atoms with E-state index >= 15 is 0 Å². The normalized spacial score (nSPS) is 20.1. The quantitative estimate of drug-likeness (QED) is 0.758. The van der Waals surface area contributed by atoms with Crippen molar-refractivity contribution in [3.63, 3.8) is 0 Å². The van der Waals surface area contributed by atoms with Gasteiger partial charge in [-0.1, -0.05) is 0 Å². The van der Waals surface area contributed by atoms with Crippen LogP contribution in [0.1, 0.15) is 25.8 Å². The third-order valence-electron chi connectivity index (χ3n) is 3.94. The van der Waals surface area contributed by atoms with Crippen molar-refractivity contribution in [2.75, 3.05) is 25.1 Å². The zero-order valence-corrected chi connectivity index (χ0v) is 13.9. The molecule has 0 aliphatic carbocycles. The monoisotopic (exact) mass is 333 g/mol. The largest absolute Gasteiger partial charge is 0.490 e. The van der Waals surface area contributed by atoms with Crippen LogP contribution in [0.3, 0.4) is 0 Å². The van der Waals surface area contributed by atoms with Gasteiger partial charge in [0, 0.05) is 24.8 Å². The minimum Gasteiger partial charge on any atom is -0.490 e. The number of benzene rings is 1. The van der Waals surface area contributed by atoms with Crippen LogP contribution in [0, 0.1) is 17.2 Å². The Kier molecular flexibility index (Phi) is 6.01. The van der Waals surface area contributed by atoms with Crippen molar-refractivity contribution in [3.8, 4) is 11.8 Å². The van der Waals surface area contributed by atoms with E-state index in [4.69, 9.17) is 4.74 Å². The van der Waals surface area contributed by atoms with Gasteiger partial charge >= 0.3 is 6.03 Å². The fourth-order valence-corrected chi connectivity index (χ4v) is 2.81. The highest BCUT2D eigenvalue weighted by atomic mass is 16.5. The second-order valence-electron chi connectivity index (χ2n) is 6.19. The highest BCUT2D eigenvalue weighted by molar-refractivity contribution is 5.90. The Labute approximate surface area is 141 Å². The van der Waals surface area contributed by atoms with Crippen LogP contribution in [0.15, 0.2) is 18.2 Å². The van der Waals surface area contributed by atoms with Crippen molar-refractivity contribution < 1.29 is 19.7 Å². The molecule has 2 rings (SSSR count). The van der Waals surface area contributed by atoms with Crippen molar-refractivity contribution in [1.29, 1.82) is 5.26 Å². The van der Waals surface area contributed by atoms with Gasteiger partial charge in [-0.3, -0.25) is 0 Å². The predicted molar refractivity (Wildman–Crippen MR) is 88.7 cm³/mol. The van der Waals surface area contributed by atoms with Gasteiger partial charge in [-0.05, 0) is 38.5 Å². The molecule has 2 amide bonds. The van der Waals surface area contributed by atoms with E-state index in [9.17, 15) is 20.3 Å². The number of carbonyl (C=O) groups excluding carboxylic acids is 1. The molecular formula is C17H23N3O4. The second kappa shape index (κ2) is 7.99. The van der Waals surface area contributed by atoms with Crippen molar-refractivity contribution in [1.82, 2.24) is 4.90 Å². The highest BCUT2D eigenvalue weighted by Crippen LogP contribution is 2.26. The number of hydrogen-bond donors (Lipinski definition) is 3. The minimum atomic E-state index is -0.355. The summed E-state index contributed by atoms with van der Waals surface area (Å²) < 4.78 is 5.55. The van der Waals surface area contributed by atoms with E-state index in [1.807, 2.05) is 13.8 Å². The number of likely N-dealkylation sites (tertiary alicyclic amines) is 1. The molecule has 1 aliphatic heterocycles. The van der Waals surface area contributed by atoms with Gasteiger partial charge in [-0.25, -0.2) is 4.79 Å². The first-order valence-electron chi connectivity index (χ1n) is 7.98. The number of hydrogen-bond acceptors (Lipinski definition) is 5. The van der Waals surface area contributed by atoms with Crippen LogP contribution in [0.2, 0.25) is 0 Å². The number of nitrogens with zero attached hydrogens (tertiary/aromatic N) is 2. The number of ether oxygens (including phenoxy) is 1. The lowest BCUT2D eigenvalue weighted by atomic mass is 10.1. The number of rotatable bonds is 5. The highest BCUT2D eigenvalue weighted by Gasteiger charge is 2.34. The van der Waals surface area contributed by atoms with Gasteiger partial charge in [0.25, 0.3) is 0 Å². The maximum Gasteiger partial charge on any atom is 0.322 e. The lowest BCUT2D eigenvalue weighted by molar-refractivity contribution is 0.166. The summed E-state index contributed by atoms with van der Waals surface area (Å²) in [5.41, 5.74) is 0.826. The summed E-state index contributed by atoms with van der Waals surface area (Å²) >= 11 is 0. The molecular weight excluding hydrogens is 310 g/mol. The smallest absolute Gasteiger partial charge is 0.322 e. The van der Waals surface area contributed by atoms with Crippen LogP contribution in [0.5, 0.6) is 5.75 Å². The SMILES string of the molecule is CC(C)Oc1ccc(NC(=O)N2CC(CO)CC2CO)cc1C#N. The molecule has 1 fully saturated rings. The Hall–Kier alpha value is -2.30. The summed E-state index contributed by atoms with van der Waals surface area (Å²) in [6, 6.07) is 6.28. The third-order valence-corrected chi connectivity index (χ3v) is 3.94. The number of nitrogens with one attached hydrogen (secondary N) is 1. The van der Waals surface area contributed by atoms with Crippen molar-refractivity contribution >= 4 is 11.7 Å². The molecule has 7 heteroatoms. The molecule has 7 nitrogen and oxygen atoms in total. The summed E-state index contributed by atoms with van der Waals surface area (Å²) in [7, 11) is 0. The average Bonchev–Trinajstić information content (AvgIpc) is 2.99. The first kappa shape index (κ1) is 18.0. The van der Waals surface area contributed by atoms with Crippen LogP contribution in [0.25, 0.3) is 0 Å². The molecule has 0 radical (unpaired) electrons. The fraction of sp³-hybridized carbons (Fsp3) is 0.529. The molecule has 1 saturated heterocycles. The number of carbonyl (C=O) groups is 1. The molecule has 2 unspecified atom stereocenters. The van der Waals surface area contributed by atoms with Gasteiger partial charge in [-0.2, -0.15) is 5.26 Å². The summed E-state index contributed by atoms with van der Waals surface area (Å²) in [6.45, 7) is 3.98. The molecule has 0 bridgehead atoms. The van der Waals surface area contributed by atoms with Crippen molar-refractivity contribution in [2.45, 2.75) is 32.4 Å². The molecule has 130 valence electrons. The van der Waals surface area contributed by atoms with E-state index in [1.165, 1.54) is 4.90 Å². The maximum absolute atomic E-state index is 12.4. The molecule has 3 N–H and O–H groups in total. The zero-order valence-electron chi connectivity index (χ0n) is 13.9. The number of nitriles is 1. The van der Waals surface area contributed by atoms with E-state index in [0.29, 0.717) is 30.0 Å². The molecule has 1 aliphatic rings. The van der Waals surface area contributed by atoms with Gasteiger partial charge < -0.3 is 25.2 Å². The molecule has 1 aromatic rings. The molecule has 0 spiro atoms. The van der Waals surface area contributed by atoms with Crippen LogP contribution in [-0.2, 0) is 0 Å². The molecule has 24 heavy (non-hydrogen) atoms. The number of anilines is 1. The van der Waals surface area contributed by atoms with Crippen LogP contribution in [-0.4, -0.2) is 53.0 Å². The van der Waals surface area contributed by atoms with E-state index in [0.717, 1.165) is 0 Å². The Morgan fingerprint density at radius 3 is 2.79 bits per heavy atom. The van der Waals surface area contributed by atoms with Crippen LogP contribution < -0.4 is 10.1 Å². The summed E-state index contributed by atoms with van der Waals surface area (Å²) in [5, 5.41) is 30.6. The lowest BCUT2D eigenvalue weighted by Crippen LogP contribution is -2.40. The predicted octanol–water partition coefficient (Wildman–Crippen LogP) is 1.55. The molecule has 0 aromatic heterocycles. The fourth-order valence-electron chi connectivity index (χ4n) is 2.81. The van der Waals surface area contributed by atoms with Crippen molar-refractivity contribution in [3.05, 3.63) is 23.8 Å². The van der Waals surface area contributed by atoms with Gasteiger partial charge in [0.15, 0.2) is 0 Å². The minimum absolute atomic E-state index is 0.0138. The molecule has 0 saturated carbocycles. The molecule has 1 heterocycles. The van der Waals surface area contributed by atoms with Gasteiger partial charge in [0.05, 0.1) is 24.3 Å². The topological polar surface area (TPSA) is 106 Å². The first-order valence-corrected chi connectivity index (χ1v) is 7.98. The zero-order chi connectivity index (χ0) is 17.7. The summed E-state index contributed by atoms with van der Waals surface area (Å²) in [4.78, 5) is 13.9. The van der Waals surface area contributed by atoms with E-state index in [2.05, 4.69) is 11.4 Å². The molecule has 1 aromatic carbocycles. The molecule has 2 atom stereocenters. The number of aliphatic hydroxyl groups excluding tert-OH is 2. The van der Waals surface area contributed by atoms with E-state index in [-0.39, 0.29) is 37.3 Å². The van der Waals surface area contributed by atoms with Crippen LogP contribution in [0.4, 0.5) is 10.5 Å². The number of aliphatic hydroxyl groups is 2. The third kappa shape index (κ3) is 4.16. The Balaban J connectivity index is 2.10. The Morgan fingerprint density at radius 2 is 2.21 bits per heavy atom. The number of urea groups is 1. The van der Waals surface area contributed by atoms with E-state index < -0.39 is 0 Å². The first-order chi connectivity index (χ1) is 11.5. The van der Waals surface area contributed by atoms with Gasteiger partial charge in [-0.15, -0.1) is 0 Å². The number of amides is 2. The second-order valence-corrected chi connectivity index (χ2v) is 6.19. The summed E-state index contributed by atoms with van der Waals surface area (Å²) in [6.07, 6.45) is 0.522. The maximum atomic E-state index is 12.4. The Morgan fingerprint density at radius 1 is 1.46 bits per heavy atom. The van der Waals surface area contributed by atoms with Crippen molar-refractivity contribution in [2.24, 2.45) is 5.92 Å². The van der Waals surface area contributed by atoms with Crippen LogP contribution >= 0.6 is 0 Å². The average molecular weight is 333 g/mol. The lowest BCUT2D eigenvalue weighted by Gasteiger charge is -2.23. The standard InChI is InChI=1S/C17H23N3O4/c1-11(2)24-16-4-3-14(6-13(16)7-18)19-17(23)20-8-12(9-21)5-15(20)10-22/h3-4,6,11-12,15,21-22H,5,8-10H2,1-2H3,(H,19,23). The van der Waals surface area contributed by atoms with Gasteiger partial charge in [0.1, 0.15) is 11.8 Å². The van der Waals surface area contributed by atoms with E-state index in [1.54, 1.807) is 18.2 Å².